The number of hydrogen-bond acceptors (Lipinski definition) is 10. The quantitative estimate of drug-likeness (QED) is 0.214. The van der Waals surface area contributed by atoms with E-state index in [0.717, 1.165) is 12.8 Å². The van der Waals surface area contributed by atoms with E-state index >= 15 is 0 Å². The summed E-state index contributed by atoms with van der Waals surface area (Å²) in [7, 11) is 0. The molecule has 0 saturated carbocycles. The molecule has 1 unspecified atom stereocenters. The van der Waals surface area contributed by atoms with Gasteiger partial charge in [-0.15, -0.1) is 23.1 Å². The molecule has 12 heteroatoms. The number of allylic oxidation sites excluding steroid dienone is 1. The third kappa shape index (κ3) is 11.0. The number of thiazole rings is 1. The molecule has 1 aromatic rings. The Labute approximate surface area is 249 Å². The first-order valence-electron chi connectivity index (χ1n) is 14.1. The number of nitrogens with one attached hydrogen (secondary N) is 2. The van der Waals surface area contributed by atoms with E-state index in [-0.39, 0.29) is 41.4 Å². The van der Waals surface area contributed by atoms with Crippen LogP contribution in [0.4, 0.5) is 0 Å². The lowest BCUT2D eigenvalue weighted by molar-refractivity contribution is -0.156. The van der Waals surface area contributed by atoms with Gasteiger partial charge in [-0.1, -0.05) is 50.4 Å². The van der Waals surface area contributed by atoms with Crippen LogP contribution in [0.1, 0.15) is 88.3 Å². The predicted octanol–water partition coefficient (Wildman–Crippen LogP) is 5.08. The first-order chi connectivity index (χ1) is 19.4. The van der Waals surface area contributed by atoms with Crippen molar-refractivity contribution in [2.24, 2.45) is 0 Å². The van der Waals surface area contributed by atoms with Crippen LogP contribution >= 0.6 is 34.9 Å². The third-order valence-electron chi connectivity index (χ3n) is 6.67. The number of ether oxygens (including phenoxy) is 1. The van der Waals surface area contributed by atoms with Crippen molar-refractivity contribution in [2.45, 2.75) is 96.2 Å². The monoisotopic (exact) mass is 608 g/mol. The van der Waals surface area contributed by atoms with E-state index in [1.165, 1.54) is 54.1 Å². The number of amides is 2. The van der Waals surface area contributed by atoms with Gasteiger partial charge in [-0.2, -0.15) is 0 Å². The molecule has 2 atom stereocenters. The zero-order valence-corrected chi connectivity index (χ0v) is 25.6. The van der Waals surface area contributed by atoms with E-state index < -0.39 is 18.1 Å². The SMILES string of the molecule is CCCCCCCC(=O)SCC/C=C/C1CC(=O)NCc2nc(cs2)C(=N)SCCC(=O)N2CCC[C@H]2C(=O)O1. The van der Waals surface area contributed by atoms with E-state index in [9.17, 15) is 19.2 Å². The standard InChI is InChI=1S/C28H40N4O5S3/c1-2-3-4-5-6-12-26(35)38-15-8-7-10-20-17-23(33)30-18-24-31-21(19-40-24)27(29)39-16-13-25(34)32-14-9-11-22(32)28(36)37-20/h7,10,19-20,22,29H,2-6,8-9,11-18H2,1H3,(H,30,33)/b10-7+,29-27?/t20?,22-/m0/s1. The summed E-state index contributed by atoms with van der Waals surface area (Å²) in [5, 5.41) is 14.0. The Kier molecular flexibility index (Phi) is 14.2. The van der Waals surface area contributed by atoms with E-state index in [2.05, 4.69) is 17.2 Å². The van der Waals surface area contributed by atoms with Crippen molar-refractivity contribution >= 4 is 62.8 Å². The summed E-state index contributed by atoms with van der Waals surface area (Å²) in [5.74, 6) is 0.112. The fourth-order valence-corrected chi connectivity index (χ4v) is 6.81. The topological polar surface area (TPSA) is 130 Å². The Morgan fingerprint density at radius 2 is 2.10 bits per heavy atom. The summed E-state index contributed by atoms with van der Waals surface area (Å²) in [5.41, 5.74) is 0.530. The fraction of sp³-hybridized carbons (Fsp3) is 0.643. The Bertz CT molecular complexity index is 1060. The molecule has 2 bridgehead atoms. The molecule has 3 heterocycles. The second-order valence-corrected chi connectivity index (χ2v) is 13.1. The van der Waals surface area contributed by atoms with Crippen LogP contribution in [0.15, 0.2) is 17.5 Å². The van der Waals surface area contributed by atoms with Gasteiger partial charge < -0.3 is 15.0 Å². The molecule has 3 rings (SSSR count). The Hall–Kier alpha value is -2.18. The average Bonchev–Trinajstić information content (AvgIpc) is 3.61. The number of unbranched alkanes of at least 4 members (excludes halogenated alkanes) is 4. The highest BCUT2D eigenvalue weighted by Crippen LogP contribution is 2.23. The Morgan fingerprint density at radius 3 is 2.92 bits per heavy atom. The maximum atomic E-state index is 13.1. The van der Waals surface area contributed by atoms with Gasteiger partial charge in [-0.3, -0.25) is 19.8 Å². The number of rotatable bonds is 10. The minimum Gasteiger partial charge on any atom is -0.456 e. The summed E-state index contributed by atoms with van der Waals surface area (Å²) < 4.78 is 5.76. The van der Waals surface area contributed by atoms with Gasteiger partial charge in [-0.25, -0.2) is 9.78 Å². The molecule has 0 aliphatic carbocycles. The normalized spacial score (nSPS) is 21.3. The molecule has 2 aliphatic rings. The molecule has 9 nitrogen and oxygen atoms in total. The molecule has 1 saturated heterocycles. The molecule has 2 N–H and O–H groups in total. The first-order valence-corrected chi connectivity index (χ1v) is 17.0. The van der Waals surface area contributed by atoms with Gasteiger partial charge in [0.05, 0.1) is 13.0 Å². The highest BCUT2D eigenvalue weighted by molar-refractivity contribution is 8.14. The van der Waals surface area contributed by atoms with Crippen LogP contribution in [0.2, 0.25) is 0 Å². The second kappa shape index (κ2) is 17.6. The maximum Gasteiger partial charge on any atom is 0.329 e. The molecule has 0 aromatic carbocycles. The van der Waals surface area contributed by atoms with Crippen molar-refractivity contribution in [2.75, 3.05) is 18.1 Å². The van der Waals surface area contributed by atoms with Crippen LogP contribution in [0.3, 0.4) is 0 Å². The van der Waals surface area contributed by atoms with Crippen LogP contribution in [-0.2, 0) is 30.5 Å². The minimum absolute atomic E-state index is 0.0589. The van der Waals surface area contributed by atoms with Crippen molar-refractivity contribution < 1.29 is 23.9 Å². The summed E-state index contributed by atoms with van der Waals surface area (Å²) in [6.45, 7) is 2.88. The van der Waals surface area contributed by atoms with Gasteiger partial charge >= 0.3 is 5.97 Å². The Balaban J connectivity index is 1.59. The number of aromatic nitrogens is 1. The zero-order valence-electron chi connectivity index (χ0n) is 23.2. The van der Waals surface area contributed by atoms with Crippen molar-refractivity contribution in [3.8, 4) is 0 Å². The summed E-state index contributed by atoms with van der Waals surface area (Å²) in [6.07, 6.45) is 11.0. The number of hydrogen-bond donors (Lipinski definition) is 2. The van der Waals surface area contributed by atoms with E-state index in [4.69, 9.17) is 10.1 Å². The van der Waals surface area contributed by atoms with Crippen LogP contribution in [-0.4, -0.2) is 68.0 Å². The molecule has 0 radical (unpaired) electrons. The van der Waals surface area contributed by atoms with Crippen molar-refractivity contribution in [1.29, 1.82) is 5.41 Å². The number of esters is 1. The average molecular weight is 609 g/mol. The highest BCUT2D eigenvalue weighted by atomic mass is 32.2. The lowest BCUT2D eigenvalue weighted by Crippen LogP contribution is -2.43. The van der Waals surface area contributed by atoms with E-state index in [1.807, 2.05) is 6.08 Å². The van der Waals surface area contributed by atoms with Crippen LogP contribution in [0.5, 0.6) is 0 Å². The first kappa shape index (κ1) is 32.3. The van der Waals surface area contributed by atoms with E-state index in [1.54, 1.807) is 16.4 Å². The molecule has 1 fully saturated rings. The largest absolute Gasteiger partial charge is 0.456 e. The van der Waals surface area contributed by atoms with Crippen molar-refractivity contribution in [3.05, 3.63) is 28.2 Å². The van der Waals surface area contributed by atoms with Gasteiger partial charge in [0, 0.05) is 36.3 Å². The van der Waals surface area contributed by atoms with Gasteiger partial charge in [-0.05, 0) is 31.8 Å². The molecular formula is C28H40N4O5S3. The molecule has 1 aromatic heterocycles. The molecular weight excluding hydrogens is 569 g/mol. The summed E-state index contributed by atoms with van der Waals surface area (Å²) in [6, 6.07) is -0.669. The number of thioether (sulfide) groups is 2. The van der Waals surface area contributed by atoms with Gasteiger partial charge in [0.15, 0.2) is 5.12 Å². The Morgan fingerprint density at radius 1 is 1.27 bits per heavy atom. The summed E-state index contributed by atoms with van der Waals surface area (Å²) in [4.78, 5) is 56.8. The van der Waals surface area contributed by atoms with Crippen LogP contribution in [0, 0.1) is 5.41 Å². The summed E-state index contributed by atoms with van der Waals surface area (Å²) >= 11 is 3.92. The number of nitrogens with zero attached hydrogens (tertiary/aromatic N) is 2. The second-order valence-electron chi connectivity index (χ2n) is 9.86. The van der Waals surface area contributed by atoms with Gasteiger partial charge in [0.1, 0.15) is 27.9 Å². The lowest BCUT2D eigenvalue weighted by atomic mass is 10.1. The van der Waals surface area contributed by atoms with Crippen LogP contribution < -0.4 is 5.32 Å². The van der Waals surface area contributed by atoms with Crippen LogP contribution in [0.25, 0.3) is 0 Å². The molecule has 2 aliphatic heterocycles. The number of fused-ring (bicyclic) bond motifs is 3. The predicted molar refractivity (Wildman–Crippen MR) is 162 cm³/mol. The van der Waals surface area contributed by atoms with Gasteiger partial charge in [0.25, 0.3) is 0 Å². The zero-order chi connectivity index (χ0) is 28.7. The molecule has 2 amide bonds. The lowest BCUT2D eigenvalue weighted by Gasteiger charge is -2.25. The molecule has 220 valence electrons. The smallest absolute Gasteiger partial charge is 0.329 e. The number of cyclic esters (lactones) is 1. The van der Waals surface area contributed by atoms with E-state index in [0.29, 0.717) is 54.4 Å². The number of carbonyl (C=O) groups excluding carboxylic acids is 4. The maximum absolute atomic E-state index is 13.1. The number of carbonyl (C=O) groups is 4. The minimum atomic E-state index is -0.782. The third-order valence-corrected chi connectivity index (χ3v) is 9.39. The van der Waals surface area contributed by atoms with Crippen molar-refractivity contribution in [3.63, 3.8) is 0 Å². The van der Waals surface area contributed by atoms with Crippen molar-refractivity contribution in [1.82, 2.24) is 15.2 Å². The molecule has 40 heavy (non-hydrogen) atoms. The fourth-order valence-electron chi connectivity index (χ4n) is 4.50. The molecule has 0 spiro atoms. The van der Waals surface area contributed by atoms with Gasteiger partial charge in [0.2, 0.25) is 11.8 Å². The highest BCUT2D eigenvalue weighted by Gasteiger charge is 2.36.